The van der Waals surface area contributed by atoms with E-state index in [2.05, 4.69) is 10.4 Å². The molecule has 0 fully saturated rings. The predicted octanol–water partition coefficient (Wildman–Crippen LogP) is 0.476. The molecule has 0 radical (unpaired) electrons. The highest BCUT2D eigenvalue weighted by Gasteiger charge is 2.20. The van der Waals surface area contributed by atoms with Crippen LogP contribution in [0.2, 0.25) is 0 Å². The lowest BCUT2D eigenvalue weighted by atomic mass is 10.0. The number of hydrogen-bond acceptors (Lipinski definition) is 4. The first-order chi connectivity index (χ1) is 9.70. The van der Waals surface area contributed by atoms with E-state index in [-0.39, 0.29) is 24.4 Å². The number of aromatic nitrogens is 2. The van der Waals surface area contributed by atoms with Gasteiger partial charge in [0.1, 0.15) is 6.54 Å². The van der Waals surface area contributed by atoms with E-state index in [0.717, 1.165) is 10.2 Å². The molecule has 0 bridgehead atoms. The molecule has 0 aliphatic heterocycles. The van der Waals surface area contributed by atoms with Gasteiger partial charge in [-0.15, -0.1) is 0 Å². The molecule has 1 aromatic rings. The van der Waals surface area contributed by atoms with Crippen molar-refractivity contribution in [3.63, 3.8) is 0 Å². The third kappa shape index (κ3) is 5.02. The molecule has 7 nitrogen and oxygen atoms in total. The zero-order chi connectivity index (χ0) is 16.2. The van der Waals surface area contributed by atoms with Crippen LogP contribution < -0.4 is 10.9 Å². The van der Waals surface area contributed by atoms with Gasteiger partial charge in [0.25, 0.3) is 5.56 Å². The molecule has 1 amide bonds. The van der Waals surface area contributed by atoms with Crippen LogP contribution in [0.4, 0.5) is 0 Å². The number of carbonyl (C=O) groups excluding carboxylic acids is 1. The maximum atomic E-state index is 12.0. The molecule has 116 valence electrons. The minimum Gasteiger partial charge on any atom is -0.481 e. The van der Waals surface area contributed by atoms with Crippen LogP contribution in [0.3, 0.4) is 0 Å². The number of aryl methyl sites for hydroxylation is 2. The lowest BCUT2D eigenvalue weighted by molar-refractivity contribution is -0.138. The maximum absolute atomic E-state index is 12.0. The summed E-state index contributed by atoms with van der Waals surface area (Å²) in [5, 5.41) is 15.5. The fraction of sp³-hybridized carbons (Fsp3) is 0.571. The van der Waals surface area contributed by atoms with Gasteiger partial charge in [0, 0.05) is 12.1 Å². The van der Waals surface area contributed by atoms with Crippen LogP contribution in [-0.4, -0.2) is 32.8 Å². The average molecular weight is 295 g/mol. The van der Waals surface area contributed by atoms with Crippen molar-refractivity contribution < 1.29 is 14.7 Å². The molecule has 21 heavy (non-hydrogen) atoms. The van der Waals surface area contributed by atoms with E-state index in [1.165, 1.54) is 6.07 Å². The summed E-state index contributed by atoms with van der Waals surface area (Å²) in [4.78, 5) is 34.5. The predicted molar refractivity (Wildman–Crippen MR) is 77.0 cm³/mol. The Kier molecular flexibility index (Phi) is 5.63. The summed E-state index contributed by atoms with van der Waals surface area (Å²) >= 11 is 0. The van der Waals surface area contributed by atoms with Crippen LogP contribution >= 0.6 is 0 Å². The van der Waals surface area contributed by atoms with E-state index in [0.29, 0.717) is 5.69 Å². The van der Waals surface area contributed by atoms with Crippen molar-refractivity contribution in [1.82, 2.24) is 15.1 Å². The first-order valence-corrected chi connectivity index (χ1v) is 6.77. The van der Waals surface area contributed by atoms with Gasteiger partial charge >= 0.3 is 5.97 Å². The number of carboxylic acid groups (broad SMARTS) is 1. The third-order valence-corrected chi connectivity index (χ3v) is 3.27. The second-order valence-corrected chi connectivity index (χ2v) is 5.42. The van der Waals surface area contributed by atoms with E-state index >= 15 is 0 Å². The molecule has 0 spiro atoms. The van der Waals surface area contributed by atoms with E-state index in [1.807, 2.05) is 13.8 Å². The van der Waals surface area contributed by atoms with Crippen LogP contribution in [-0.2, 0) is 16.1 Å². The van der Waals surface area contributed by atoms with Crippen LogP contribution in [0.25, 0.3) is 0 Å². The second kappa shape index (κ2) is 7.01. The molecule has 0 saturated heterocycles. The van der Waals surface area contributed by atoms with Crippen molar-refractivity contribution in [2.45, 2.75) is 46.7 Å². The molecular formula is C14H21N3O4. The van der Waals surface area contributed by atoms with Gasteiger partial charge in [-0.1, -0.05) is 13.8 Å². The van der Waals surface area contributed by atoms with Crippen molar-refractivity contribution in [3.05, 3.63) is 27.7 Å². The Morgan fingerprint density at radius 3 is 2.52 bits per heavy atom. The molecule has 7 heteroatoms. The molecule has 1 rings (SSSR count). The maximum Gasteiger partial charge on any atom is 0.305 e. The summed E-state index contributed by atoms with van der Waals surface area (Å²) in [6, 6.07) is 0.949. The monoisotopic (exact) mass is 295 g/mol. The van der Waals surface area contributed by atoms with Crippen LogP contribution in [0, 0.1) is 19.8 Å². The van der Waals surface area contributed by atoms with Gasteiger partial charge in [0.2, 0.25) is 5.91 Å². The third-order valence-electron chi connectivity index (χ3n) is 3.27. The average Bonchev–Trinajstić information content (AvgIpc) is 2.34. The summed E-state index contributed by atoms with van der Waals surface area (Å²) in [6.45, 7) is 6.96. The van der Waals surface area contributed by atoms with Gasteiger partial charge in [0.15, 0.2) is 0 Å². The Morgan fingerprint density at radius 1 is 1.38 bits per heavy atom. The Labute approximate surface area is 123 Å². The van der Waals surface area contributed by atoms with Crippen molar-refractivity contribution >= 4 is 11.9 Å². The van der Waals surface area contributed by atoms with Crippen LogP contribution in [0.15, 0.2) is 10.9 Å². The molecule has 1 atom stereocenters. The lowest BCUT2D eigenvalue weighted by Gasteiger charge is -2.20. The largest absolute Gasteiger partial charge is 0.481 e. The molecule has 2 N–H and O–H groups in total. The fourth-order valence-corrected chi connectivity index (χ4v) is 1.82. The van der Waals surface area contributed by atoms with E-state index in [9.17, 15) is 14.4 Å². The molecule has 1 aromatic heterocycles. The highest BCUT2D eigenvalue weighted by Crippen LogP contribution is 2.06. The van der Waals surface area contributed by atoms with E-state index in [4.69, 9.17) is 5.11 Å². The summed E-state index contributed by atoms with van der Waals surface area (Å²) in [7, 11) is 0. The first-order valence-electron chi connectivity index (χ1n) is 6.77. The normalized spacial score (nSPS) is 12.2. The van der Waals surface area contributed by atoms with E-state index < -0.39 is 17.9 Å². The molecule has 0 aliphatic carbocycles. The standard InChI is InChI=1S/C14H21N3O4/c1-8(2)11(6-14(20)21)15-12(18)7-17-13(19)5-9(3)10(4)16-17/h5,8,11H,6-7H2,1-4H3,(H,15,18)(H,20,21)/t11-/m1/s1. The first kappa shape index (κ1) is 16.9. The highest BCUT2D eigenvalue weighted by molar-refractivity contribution is 5.77. The number of aliphatic carboxylic acids is 1. The van der Waals surface area contributed by atoms with Crippen molar-refractivity contribution in [1.29, 1.82) is 0 Å². The van der Waals surface area contributed by atoms with Gasteiger partial charge < -0.3 is 10.4 Å². The van der Waals surface area contributed by atoms with Crippen molar-refractivity contribution in [3.8, 4) is 0 Å². The molecular weight excluding hydrogens is 274 g/mol. The topological polar surface area (TPSA) is 101 Å². The SMILES string of the molecule is Cc1cc(=O)n(CC(=O)N[C@H](CC(=O)O)C(C)C)nc1C. The van der Waals surface area contributed by atoms with Gasteiger partial charge in [0.05, 0.1) is 12.1 Å². The van der Waals surface area contributed by atoms with Crippen LogP contribution in [0.1, 0.15) is 31.5 Å². The molecule has 0 aromatic carbocycles. The number of amides is 1. The minimum atomic E-state index is -0.976. The van der Waals surface area contributed by atoms with Gasteiger partial charge in [-0.25, -0.2) is 4.68 Å². The summed E-state index contributed by atoms with van der Waals surface area (Å²) in [5.41, 5.74) is 1.09. The van der Waals surface area contributed by atoms with Gasteiger partial charge in [-0.2, -0.15) is 5.10 Å². The van der Waals surface area contributed by atoms with Crippen LogP contribution in [0.5, 0.6) is 0 Å². The highest BCUT2D eigenvalue weighted by atomic mass is 16.4. The zero-order valence-corrected chi connectivity index (χ0v) is 12.7. The minimum absolute atomic E-state index is 0.0190. The zero-order valence-electron chi connectivity index (χ0n) is 12.7. The Hall–Kier alpha value is -2.18. The molecule has 0 aliphatic rings. The number of carboxylic acids is 1. The Balaban J connectivity index is 2.79. The number of carbonyl (C=O) groups is 2. The molecule has 0 unspecified atom stereocenters. The summed E-state index contributed by atoms with van der Waals surface area (Å²) < 4.78 is 1.08. The Morgan fingerprint density at radius 2 is 2.00 bits per heavy atom. The van der Waals surface area contributed by atoms with Gasteiger partial charge in [-0.05, 0) is 25.3 Å². The fourth-order valence-electron chi connectivity index (χ4n) is 1.82. The van der Waals surface area contributed by atoms with Gasteiger partial charge in [-0.3, -0.25) is 14.4 Å². The number of nitrogens with zero attached hydrogens (tertiary/aromatic N) is 2. The number of nitrogens with one attached hydrogen (secondary N) is 1. The second-order valence-electron chi connectivity index (χ2n) is 5.42. The number of hydrogen-bond donors (Lipinski definition) is 2. The van der Waals surface area contributed by atoms with Crippen molar-refractivity contribution in [2.24, 2.45) is 5.92 Å². The molecule has 1 heterocycles. The number of rotatable bonds is 6. The smallest absolute Gasteiger partial charge is 0.305 e. The lowest BCUT2D eigenvalue weighted by Crippen LogP contribution is -2.43. The summed E-state index contributed by atoms with van der Waals surface area (Å²) in [5.74, 6) is -1.42. The van der Waals surface area contributed by atoms with E-state index in [1.54, 1.807) is 13.8 Å². The summed E-state index contributed by atoms with van der Waals surface area (Å²) in [6.07, 6.45) is -0.154. The quantitative estimate of drug-likeness (QED) is 0.794. The Bertz CT molecular complexity index is 592. The molecule has 0 saturated carbocycles. The van der Waals surface area contributed by atoms with Crippen molar-refractivity contribution in [2.75, 3.05) is 0 Å².